The van der Waals surface area contributed by atoms with Crippen LogP contribution in [0.3, 0.4) is 0 Å². The zero-order valence-corrected chi connectivity index (χ0v) is 15.5. The summed E-state index contributed by atoms with van der Waals surface area (Å²) in [6.45, 7) is 5.69. The van der Waals surface area contributed by atoms with Crippen molar-refractivity contribution in [3.8, 4) is 11.8 Å². The summed E-state index contributed by atoms with van der Waals surface area (Å²) in [5.41, 5.74) is -0.279. The van der Waals surface area contributed by atoms with E-state index in [0.29, 0.717) is 11.4 Å². The highest BCUT2D eigenvalue weighted by Crippen LogP contribution is 2.16. The molecule has 136 valence electrons. The number of nitrogens with one attached hydrogen (secondary N) is 3. The van der Waals surface area contributed by atoms with Crippen LogP contribution in [0.15, 0.2) is 24.3 Å². The summed E-state index contributed by atoms with van der Waals surface area (Å²) in [5.74, 6) is 0.176. The van der Waals surface area contributed by atoms with Gasteiger partial charge in [-0.25, -0.2) is 0 Å². The summed E-state index contributed by atoms with van der Waals surface area (Å²) < 4.78 is 5.11. The first-order valence-electron chi connectivity index (χ1n) is 8.17. The molecule has 0 aliphatic rings. The Morgan fingerprint density at radius 1 is 1.32 bits per heavy atom. The minimum Gasteiger partial charge on any atom is -0.497 e. The van der Waals surface area contributed by atoms with Crippen LogP contribution < -0.4 is 20.3 Å². The van der Waals surface area contributed by atoms with E-state index in [1.165, 1.54) is 0 Å². The third-order valence-corrected chi connectivity index (χ3v) is 4.06. The molecular formula is C18H27N4O3+. The number of amides is 2. The molecule has 0 spiro atoms. The van der Waals surface area contributed by atoms with Crippen molar-refractivity contribution in [2.45, 2.75) is 26.3 Å². The Hall–Kier alpha value is -2.59. The number of likely N-dealkylation sites (N-methyl/N-ethyl adjacent to an activating group) is 1. The summed E-state index contributed by atoms with van der Waals surface area (Å²) in [6, 6.07) is 9.20. The molecule has 0 saturated carbocycles. The van der Waals surface area contributed by atoms with Gasteiger partial charge < -0.3 is 20.3 Å². The first-order chi connectivity index (χ1) is 11.7. The van der Waals surface area contributed by atoms with Crippen LogP contribution in [-0.4, -0.2) is 44.6 Å². The van der Waals surface area contributed by atoms with Gasteiger partial charge in [0.2, 0.25) is 0 Å². The molecule has 2 atom stereocenters. The van der Waals surface area contributed by atoms with Gasteiger partial charge in [-0.2, -0.15) is 5.26 Å². The van der Waals surface area contributed by atoms with E-state index in [-0.39, 0.29) is 30.8 Å². The van der Waals surface area contributed by atoms with Crippen LogP contribution in [0.5, 0.6) is 5.75 Å². The highest BCUT2D eigenvalue weighted by molar-refractivity contribution is 5.91. The SMILES string of the molecule is COc1cccc(NC(=O)C[NH+](C)CC(=O)N[C@](C)(C#N)C(C)C)c1. The molecule has 0 saturated heterocycles. The summed E-state index contributed by atoms with van der Waals surface area (Å²) in [4.78, 5) is 24.9. The van der Waals surface area contributed by atoms with E-state index < -0.39 is 5.54 Å². The second-order valence-corrected chi connectivity index (χ2v) is 6.61. The largest absolute Gasteiger partial charge is 0.497 e. The van der Waals surface area contributed by atoms with Crippen LogP contribution in [0.2, 0.25) is 0 Å². The lowest BCUT2D eigenvalue weighted by molar-refractivity contribution is -0.862. The number of rotatable bonds is 8. The Morgan fingerprint density at radius 3 is 2.52 bits per heavy atom. The standard InChI is InChI=1S/C18H26N4O3/c1-13(2)18(3,12-19)21-17(24)11-22(4)10-16(23)20-14-7-6-8-15(9-14)25-5/h6-9,13H,10-11H2,1-5H3,(H,20,23)(H,21,24)/p+1/t18-/m1/s1. The number of ether oxygens (including phenoxy) is 1. The van der Waals surface area contributed by atoms with Crippen molar-refractivity contribution in [2.75, 3.05) is 32.6 Å². The average molecular weight is 347 g/mol. The van der Waals surface area contributed by atoms with Gasteiger partial charge in [0.25, 0.3) is 11.8 Å². The molecule has 7 heteroatoms. The predicted octanol–water partition coefficient (Wildman–Crippen LogP) is 0.203. The number of quaternary nitrogens is 1. The van der Waals surface area contributed by atoms with Gasteiger partial charge in [0.15, 0.2) is 13.1 Å². The molecule has 1 aromatic carbocycles. The number of benzene rings is 1. The molecule has 3 N–H and O–H groups in total. The number of carbonyl (C=O) groups is 2. The number of hydrogen-bond donors (Lipinski definition) is 3. The molecule has 1 rings (SSSR count). The molecule has 0 bridgehead atoms. The molecule has 2 amide bonds. The zero-order valence-electron chi connectivity index (χ0n) is 15.5. The van der Waals surface area contributed by atoms with Crippen molar-refractivity contribution in [1.29, 1.82) is 5.26 Å². The molecule has 0 aliphatic heterocycles. The van der Waals surface area contributed by atoms with Crippen molar-refractivity contribution in [3.63, 3.8) is 0 Å². The fourth-order valence-electron chi connectivity index (χ4n) is 2.15. The molecule has 0 radical (unpaired) electrons. The quantitative estimate of drug-likeness (QED) is 0.626. The van der Waals surface area contributed by atoms with Crippen LogP contribution in [-0.2, 0) is 9.59 Å². The number of nitrogens with zero attached hydrogens (tertiary/aromatic N) is 1. The van der Waals surface area contributed by atoms with Gasteiger partial charge in [-0.05, 0) is 25.0 Å². The van der Waals surface area contributed by atoms with Crippen molar-refractivity contribution in [3.05, 3.63) is 24.3 Å². The van der Waals surface area contributed by atoms with E-state index in [1.54, 1.807) is 45.3 Å². The molecule has 7 nitrogen and oxygen atoms in total. The molecule has 0 aromatic heterocycles. The summed E-state index contributed by atoms with van der Waals surface area (Å²) in [5, 5.41) is 14.8. The highest BCUT2D eigenvalue weighted by Gasteiger charge is 2.31. The van der Waals surface area contributed by atoms with E-state index in [4.69, 9.17) is 4.74 Å². The van der Waals surface area contributed by atoms with E-state index in [1.807, 2.05) is 13.8 Å². The fraction of sp³-hybridized carbons (Fsp3) is 0.500. The Labute approximate surface area is 148 Å². The minimum absolute atomic E-state index is 0.0156. The van der Waals surface area contributed by atoms with Crippen LogP contribution in [0.1, 0.15) is 20.8 Å². The first-order valence-corrected chi connectivity index (χ1v) is 8.17. The topological polar surface area (TPSA) is 95.7 Å². The summed E-state index contributed by atoms with van der Waals surface area (Å²) >= 11 is 0. The molecule has 25 heavy (non-hydrogen) atoms. The molecular weight excluding hydrogens is 320 g/mol. The van der Waals surface area contributed by atoms with Crippen LogP contribution in [0.4, 0.5) is 5.69 Å². The van der Waals surface area contributed by atoms with Crippen LogP contribution in [0, 0.1) is 17.2 Å². The highest BCUT2D eigenvalue weighted by atomic mass is 16.5. The smallest absolute Gasteiger partial charge is 0.279 e. The number of carbonyl (C=O) groups excluding carboxylic acids is 2. The van der Waals surface area contributed by atoms with Gasteiger partial charge in [-0.15, -0.1) is 0 Å². The Kier molecular flexibility index (Phi) is 7.40. The van der Waals surface area contributed by atoms with Gasteiger partial charge in [0, 0.05) is 11.8 Å². The second kappa shape index (κ2) is 9.04. The van der Waals surface area contributed by atoms with Crippen LogP contribution >= 0.6 is 0 Å². The van der Waals surface area contributed by atoms with Gasteiger partial charge >= 0.3 is 0 Å². The van der Waals surface area contributed by atoms with Crippen molar-refractivity contribution in [2.24, 2.45) is 5.92 Å². The molecule has 1 unspecified atom stereocenters. The van der Waals surface area contributed by atoms with Gasteiger partial charge in [0.1, 0.15) is 11.3 Å². The van der Waals surface area contributed by atoms with Crippen LogP contribution in [0.25, 0.3) is 0 Å². The Bertz CT molecular complexity index is 654. The zero-order chi connectivity index (χ0) is 19.0. The third kappa shape index (κ3) is 6.43. The number of anilines is 1. The molecule has 0 aliphatic carbocycles. The summed E-state index contributed by atoms with van der Waals surface area (Å²) in [7, 11) is 3.31. The lowest BCUT2D eigenvalue weighted by Crippen LogP contribution is -3.11. The van der Waals surface area contributed by atoms with Gasteiger partial charge in [0.05, 0.1) is 20.2 Å². The van der Waals surface area contributed by atoms with E-state index in [0.717, 1.165) is 4.90 Å². The lowest BCUT2D eigenvalue weighted by atomic mass is 9.90. The van der Waals surface area contributed by atoms with Crippen molar-refractivity contribution >= 4 is 17.5 Å². The fourth-order valence-corrected chi connectivity index (χ4v) is 2.15. The molecule has 0 heterocycles. The molecule has 0 fully saturated rings. The summed E-state index contributed by atoms with van der Waals surface area (Å²) in [6.07, 6.45) is 0. The van der Waals surface area contributed by atoms with Crippen molar-refractivity contribution in [1.82, 2.24) is 5.32 Å². The maximum atomic E-state index is 12.1. The van der Waals surface area contributed by atoms with Crippen molar-refractivity contribution < 1.29 is 19.2 Å². The predicted molar refractivity (Wildman–Crippen MR) is 95.2 cm³/mol. The van der Waals surface area contributed by atoms with E-state index >= 15 is 0 Å². The number of methoxy groups -OCH3 is 1. The number of hydrogen-bond acceptors (Lipinski definition) is 4. The maximum Gasteiger partial charge on any atom is 0.279 e. The van der Waals surface area contributed by atoms with E-state index in [2.05, 4.69) is 16.7 Å². The second-order valence-electron chi connectivity index (χ2n) is 6.61. The first kappa shape index (κ1) is 20.5. The molecule has 1 aromatic rings. The lowest BCUT2D eigenvalue weighted by Gasteiger charge is -2.27. The monoisotopic (exact) mass is 347 g/mol. The maximum absolute atomic E-state index is 12.1. The Morgan fingerprint density at radius 2 is 1.96 bits per heavy atom. The normalized spacial score (nSPS) is 14.1. The van der Waals surface area contributed by atoms with Gasteiger partial charge in [-0.3, -0.25) is 9.59 Å². The van der Waals surface area contributed by atoms with Gasteiger partial charge in [-0.1, -0.05) is 19.9 Å². The van der Waals surface area contributed by atoms with E-state index in [9.17, 15) is 14.9 Å². The number of nitriles is 1. The average Bonchev–Trinajstić information content (AvgIpc) is 2.54. The minimum atomic E-state index is -0.916. The third-order valence-electron chi connectivity index (χ3n) is 4.06. The Balaban J connectivity index is 2.52.